The first kappa shape index (κ1) is 23.1. The zero-order chi connectivity index (χ0) is 24.5. The average Bonchev–Trinajstić information content (AvgIpc) is 3.35. The fraction of sp³-hybridized carbons (Fsp3) is 0.346. The van der Waals surface area contributed by atoms with E-state index in [1.165, 1.54) is 0 Å². The molecule has 2 saturated heterocycles. The number of carbonyl (C=O) groups excluding carboxylic acids is 2. The van der Waals surface area contributed by atoms with Gasteiger partial charge in [0.05, 0.1) is 37.6 Å². The summed E-state index contributed by atoms with van der Waals surface area (Å²) in [5.74, 6) is -0.881. The normalized spacial score (nSPS) is 20.6. The van der Waals surface area contributed by atoms with Crippen LogP contribution in [-0.4, -0.2) is 82.5 Å². The van der Waals surface area contributed by atoms with E-state index in [-0.39, 0.29) is 11.3 Å². The highest BCUT2D eigenvalue weighted by molar-refractivity contribution is 6.46. The Hall–Kier alpha value is -3.69. The van der Waals surface area contributed by atoms with Gasteiger partial charge in [-0.2, -0.15) is 0 Å². The van der Waals surface area contributed by atoms with Gasteiger partial charge in [-0.3, -0.25) is 18.9 Å². The van der Waals surface area contributed by atoms with Crippen LogP contribution in [0.25, 0.3) is 11.4 Å². The molecule has 0 spiro atoms. The number of ether oxygens (including phenoxy) is 2. The molecule has 1 amide bonds. The van der Waals surface area contributed by atoms with Gasteiger partial charge in [0.25, 0.3) is 11.7 Å². The van der Waals surface area contributed by atoms with Crippen molar-refractivity contribution in [3.05, 3.63) is 71.2 Å². The molecule has 1 atom stereocenters. The van der Waals surface area contributed by atoms with Gasteiger partial charge in [0, 0.05) is 32.4 Å². The summed E-state index contributed by atoms with van der Waals surface area (Å²) in [5, 5.41) is 11.5. The second-order valence-electron chi connectivity index (χ2n) is 8.69. The Labute approximate surface area is 203 Å². The predicted octanol–water partition coefficient (Wildman–Crippen LogP) is 2.41. The van der Waals surface area contributed by atoms with Crippen molar-refractivity contribution in [2.75, 3.05) is 46.5 Å². The molecule has 0 unspecified atom stereocenters. The predicted molar refractivity (Wildman–Crippen MR) is 129 cm³/mol. The Morgan fingerprint density at radius 2 is 1.86 bits per heavy atom. The van der Waals surface area contributed by atoms with Crippen molar-refractivity contribution in [3.63, 3.8) is 0 Å². The number of imidazole rings is 1. The number of hydrogen-bond donors (Lipinski definition) is 1. The number of nitrogens with zero attached hydrogens (tertiary/aromatic N) is 4. The van der Waals surface area contributed by atoms with Gasteiger partial charge in [0.2, 0.25) is 0 Å². The number of aryl methyl sites for hydroxylation is 1. The number of aliphatic hydroxyl groups is 1. The first-order valence-electron chi connectivity index (χ1n) is 11.7. The van der Waals surface area contributed by atoms with Crippen molar-refractivity contribution in [2.45, 2.75) is 13.0 Å². The minimum Gasteiger partial charge on any atom is -0.505 e. The number of amides is 1. The number of fused-ring (bicyclic) bond motifs is 1. The number of aromatic nitrogens is 2. The second-order valence-corrected chi connectivity index (χ2v) is 8.69. The van der Waals surface area contributed by atoms with Gasteiger partial charge in [-0.05, 0) is 36.8 Å². The summed E-state index contributed by atoms with van der Waals surface area (Å²) in [5.41, 5.74) is 2.41. The number of Topliss-reactive ketones (excluding diaryl/α,β-unsaturated/α-hetero) is 1. The van der Waals surface area contributed by atoms with Crippen molar-refractivity contribution in [3.8, 4) is 5.75 Å². The fourth-order valence-electron chi connectivity index (χ4n) is 4.84. The van der Waals surface area contributed by atoms with Crippen molar-refractivity contribution in [1.82, 2.24) is 19.2 Å². The van der Waals surface area contributed by atoms with Crippen LogP contribution in [0.4, 0.5) is 0 Å². The van der Waals surface area contributed by atoms with Crippen LogP contribution in [0.5, 0.6) is 5.75 Å². The van der Waals surface area contributed by atoms with Crippen LogP contribution in [0, 0.1) is 6.92 Å². The summed E-state index contributed by atoms with van der Waals surface area (Å²) in [6.07, 6.45) is 1.78. The van der Waals surface area contributed by atoms with Crippen LogP contribution in [0.1, 0.15) is 23.0 Å². The van der Waals surface area contributed by atoms with E-state index >= 15 is 0 Å². The molecule has 3 aromatic rings. The lowest BCUT2D eigenvalue weighted by molar-refractivity contribution is -0.140. The average molecular weight is 477 g/mol. The third kappa shape index (κ3) is 4.17. The third-order valence-electron chi connectivity index (χ3n) is 6.66. The molecular formula is C26H28N4O5. The number of aliphatic hydroxyl groups excluding tert-OH is 1. The van der Waals surface area contributed by atoms with Gasteiger partial charge >= 0.3 is 0 Å². The van der Waals surface area contributed by atoms with E-state index in [1.807, 2.05) is 30.3 Å². The molecule has 5 rings (SSSR count). The van der Waals surface area contributed by atoms with E-state index in [0.717, 1.165) is 18.7 Å². The molecule has 2 aliphatic rings. The zero-order valence-corrected chi connectivity index (χ0v) is 19.8. The molecule has 2 aliphatic heterocycles. The van der Waals surface area contributed by atoms with E-state index < -0.39 is 17.7 Å². The summed E-state index contributed by atoms with van der Waals surface area (Å²) < 4.78 is 12.4. The lowest BCUT2D eigenvalue weighted by Crippen LogP contribution is -2.42. The Morgan fingerprint density at radius 3 is 2.57 bits per heavy atom. The maximum Gasteiger partial charge on any atom is 0.295 e. The van der Waals surface area contributed by atoms with Gasteiger partial charge in [-0.1, -0.05) is 18.2 Å². The summed E-state index contributed by atoms with van der Waals surface area (Å²) >= 11 is 0. The third-order valence-corrected chi connectivity index (χ3v) is 6.66. The Kier molecular flexibility index (Phi) is 6.27. The van der Waals surface area contributed by atoms with E-state index in [4.69, 9.17) is 9.47 Å². The zero-order valence-electron chi connectivity index (χ0n) is 19.8. The summed E-state index contributed by atoms with van der Waals surface area (Å²) in [4.78, 5) is 34.9. The molecular weight excluding hydrogens is 448 g/mol. The topological polar surface area (TPSA) is 96.6 Å². The minimum atomic E-state index is -0.726. The molecule has 0 radical (unpaired) electrons. The molecule has 182 valence electrons. The highest BCUT2D eigenvalue weighted by Crippen LogP contribution is 2.40. The van der Waals surface area contributed by atoms with Crippen LogP contribution in [0.15, 0.2) is 54.2 Å². The molecule has 2 fully saturated rings. The van der Waals surface area contributed by atoms with Crippen LogP contribution in [0.3, 0.4) is 0 Å². The molecule has 0 bridgehead atoms. The van der Waals surface area contributed by atoms with Crippen LogP contribution in [0.2, 0.25) is 0 Å². The first-order valence-corrected chi connectivity index (χ1v) is 11.7. The van der Waals surface area contributed by atoms with E-state index in [2.05, 4.69) is 9.88 Å². The maximum absolute atomic E-state index is 13.4. The maximum atomic E-state index is 13.4. The monoisotopic (exact) mass is 476 g/mol. The summed E-state index contributed by atoms with van der Waals surface area (Å²) in [6, 6.07) is 12.0. The number of ketones is 1. The smallest absolute Gasteiger partial charge is 0.295 e. The van der Waals surface area contributed by atoms with Crippen LogP contribution < -0.4 is 4.74 Å². The summed E-state index contributed by atoms with van der Waals surface area (Å²) in [7, 11) is 1.58. The van der Waals surface area contributed by atoms with Crippen LogP contribution >= 0.6 is 0 Å². The highest BCUT2D eigenvalue weighted by atomic mass is 16.5. The van der Waals surface area contributed by atoms with Crippen molar-refractivity contribution >= 4 is 23.1 Å². The molecule has 1 N–H and O–H groups in total. The number of pyridine rings is 1. The van der Waals surface area contributed by atoms with Crippen molar-refractivity contribution < 1.29 is 24.2 Å². The van der Waals surface area contributed by atoms with Crippen LogP contribution in [-0.2, 0) is 14.3 Å². The number of benzene rings is 1. The lowest BCUT2D eigenvalue weighted by Gasteiger charge is -2.31. The lowest BCUT2D eigenvalue weighted by atomic mass is 9.96. The quantitative estimate of drug-likeness (QED) is 0.332. The molecule has 9 heteroatoms. The first-order chi connectivity index (χ1) is 17.0. The van der Waals surface area contributed by atoms with Gasteiger partial charge in [0.15, 0.2) is 5.76 Å². The molecule has 0 aliphatic carbocycles. The van der Waals surface area contributed by atoms with E-state index in [0.29, 0.717) is 49.1 Å². The number of likely N-dealkylation sites (tertiary alicyclic amines) is 1. The van der Waals surface area contributed by atoms with Gasteiger partial charge in [-0.25, -0.2) is 4.98 Å². The number of carbonyl (C=O) groups is 2. The Morgan fingerprint density at radius 1 is 1.11 bits per heavy atom. The Bertz CT molecular complexity index is 1290. The van der Waals surface area contributed by atoms with Gasteiger partial charge < -0.3 is 19.5 Å². The molecule has 0 saturated carbocycles. The molecule has 35 heavy (non-hydrogen) atoms. The van der Waals surface area contributed by atoms with Gasteiger partial charge in [0.1, 0.15) is 17.1 Å². The molecule has 4 heterocycles. The number of morpholine rings is 1. The molecule has 1 aromatic carbocycles. The second kappa shape index (κ2) is 9.52. The standard InChI is InChI=1S/C26H28N4O5/c1-17-22(29-10-4-3-5-20(29)27-17)24(31)21-23(18-6-8-19(34-2)9-7-18)30(26(33)25(21)32)12-11-28-13-15-35-16-14-28/h3-10,23,31H,11-16H2,1-2H3/b24-21+/t23-/m0/s1. The summed E-state index contributed by atoms with van der Waals surface area (Å²) in [6.45, 7) is 5.58. The van der Waals surface area contributed by atoms with E-state index in [1.54, 1.807) is 41.7 Å². The minimum absolute atomic E-state index is 0.0656. The SMILES string of the molecule is COc1ccc([C@H]2/C(=C(\O)c3c(C)nc4ccccn34)C(=O)C(=O)N2CCN2CCOCC2)cc1. The highest BCUT2D eigenvalue weighted by Gasteiger charge is 2.46. The number of rotatable bonds is 6. The number of hydrogen-bond acceptors (Lipinski definition) is 7. The van der Waals surface area contributed by atoms with Crippen molar-refractivity contribution in [2.24, 2.45) is 0 Å². The Balaban J connectivity index is 1.60. The van der Waals surface area contributed by atoms with E-state index in [9.17, 15) is 14.7 Å². The largest absolute Gasteiger partial charge is 0.505 e. The van der Waals surface area contributed by atoms with Crippen molar-refractivity contribution in [1.29, 1.82) is 0 Å². The number of methoxy groups -OCH3 is 1. The molecule has 2 aromatic heterocycles. The fourth-order valence-corrected chi connectivity index (χ4v) is 4.84. The van der Waals surface area contributed by atoms with Gasteiger partial charge in [-0.15, -0.1) is 0 Å². The molecule has 9 nitrogen and oxygen atoms in total.